The van der Waals surface area contributed by atoms with Crippen molar-refractivity contribution in [1.82, 2.24) is 0 Å². The summed E-state index contributed by atoms with van der Waals surface area (Å²) in [6.07, 6.45) is -56.4. The molecule has 462 valence electrons. The van der Waals surface area contributed by atoms with E-state index in [1.165, 1.54) is 13.8 Å². The van der Waals surface area contributed by atoms with Gasteiger partial charge in [0.25, 0.3) is 0 Å². The second-order valence-corrected chi connectivity index (χ2v) is 22.1. The first-order valence-corrected chi connectivity index (χ1v) is 26.0. The van der Waals surface area contributed by atoms with Crippen LogP contribution in [0.1, 0.15) is 34.6 Å². The minimum absolute atomic E-state index is 0.690. The van der Waals surface area contributed by atoms with Crippen molar-refractivity contribution in [3.63, 3.8) is 0 Å². The summed E-state index contributed by atoms with van der Waals surface area (Å²) in [6.45, 7) is 3.43. The Balaban J connectivity index is 1.15. The largest absolute Gasteiger partial charge is 0.394 e. The van der Waals surface area contributed by atoms with E-state index in [2.05, 4.69) is 0 Å². The maximum atomic E-state index is 12.1. The Bertz CT molecular complexity index is 1880. The fourth-order valence-corrected chi connectivity index (χ4v) is 10.6. The van der Waals surface area contributed by atoms with Crippen LogP contribution in [0.2, 0.25) is 0 Å². The molecule has 7 fully saturated rings. The highest BCUT2D eigenvalue weighted by molar-refractivity contribution is 5.03. The first-order chi connectivity index (χ1) is 37.1. The van der Waals surface area contributed by atoms with Gasteiger partial charge in [-0.3, -0.25) is 0 Å². The van der Waals surface area contributed by atoms with Crippen LogP contribution in [0.15, 0.2) is 0 Å². The third-order valence-electron chi connectivity index (χ3n) is 15.5. The van der Waals surface area contributed by atoms with Gasteiger partial charge in [-0.15, -0.1) is 0 Å². The van der Waals surface area contributed by atoms with Crippen LogP contribution < -0.4 is 11.5 Å². The number of hydrogen-bond acceptors (Lipinski definition) is 33. The molecule has 7 aliphatic heterocycles. The summed E-state index contributed by atoms with van der Waals surface area (Å²) in [5.74, 6) is 0. The summed E-state index contributed by atoms with van der Waals surface area (Å²) in [7, 11) is 0. The molecule has 35 atom stereocenters. The van der Waals surface area contributed by atoms with E-state index in [4.69, 9.17) is 73.0 Å². The zero-order chi connectivity index (χ0) is 58.4. The van der Waals surface area contributed by atoms with E-state index in [0.717, 1.165) is 0 Å². The van der Waals surface area contributed by atoms with Gasteiger partial charge in [0, 0.05) is 0 Å². The zero-order valence-electron chi connectivity index (χ0n) is 43.8. The van der Waals surface area contributed by atoms with Crippen LogP contribution in [-0.4, -0.2) is 340 Å². The molecule has 33 nitrogen and oxygen atoms in total. The van der Waals surface area contributed by atoms with Crippen LogP contribution >= 0.6 is 0 Å². The molecule has 0 saturated carbocycles. The molecule has 0 aliphatic carbocycles. The van der Waals surface area contributed by atoms with Gasteiger partial charge in [0.2, 0.25) is 0 Å². The van der Waals surface area contributed by atoms with E-state index >= 15 is 0 Å². The summed E-state index contributed by atoms with van der Waals surface area (Å²) in [5, 5.41) is 193. The van der Waals surface area contributed by atoms with E-state index < -0.39 is 253 Å². The van der Waals surface area contributed by atoms with Gasteiger partial charge < -0.3 is 165 Å². The Kier molecular flexibility index (Phi) is 22.2. The minimum Gasteiger partial charge on any atom is -0.394 e. The van der Waals surface area contributed by atoms with Crippen LogP contribution in [0, 0.1) is 5.41 Å². The third kappa shape index (κ3) is 13.5. The minimum atomic E-state index is -2.03. The van der Waals surface area contributed by atoms with Gasteiger partial charge in [-0.05, 0) is 19.3 Å². The normalized spacial score (nSPS) is 53.2. The molecule has 0 aromatic rings. The van der Waals surface area contributed by atoms with Crippen LogP contribution in [0.5, 0.6) is 0 Å². The first-order valence-electron chi connectivity index (χ1n) is 26.0. The number of aliphatic hydroxyl groups excluding tert-OH is 18. The maximum Gasteiger partial charge on any atom is 0.187 e. The molecule has 22 N–H and O–H groups in total. The van der Waals surface area contributed by atoms with Gasteiger partial charge in [-0.25, -0.2) is 0 Å². The van der Waals surface area contributed by atoms with Gasteiger partial charge in [0.05, 0.1) is 63.4 Å². The standard InChI is InChI=1S/C46H82N2O31/c1-11-20(53)25(58)29(62)42(68-11)75-35-16(9-52)74-41(19(48)37(35)78-45-32(65)28(61)23(56)14(7-50)72-45)79-38-24(57)17(70-39(33(38)66)46(3,4)5)10-67-40-18(47)36(77-43-30(63)26(59)21(54)12(2)69-43)34(15(8-51)73-40)76-44-31(64)27(60)22(55)13(6-49)71-44/h11-45,49-66H,6-10,47-48H2,1-5H3/t11?,12?,13?,14?,15?,16?,17?,18?,19?,20-,21-,22+,23+,24+,25?,26?,27?,28?,29?,30?,31?,32?,33?,34-,35-,36?,37?,38?,39-,40-,41+,42+,43?,44+,45+/m1/s1. The van der Waals surface area contributed by atoms with Crippen molar-refractivity contribution < 1.29 is 153 Å². The lowest BCUT2D eigenvalue weighted by Gasteiger charge is -2.52. The van der Waals surface area contributed by atoms with Gasteiger partial charge in [0.15, 0.2) is 37.7 Å². The van der Waals surface area contributed by atoms with Crippen molar-refractivity contribution in [3.05, 3.63) is 0 Å². The Morgan fingerprint density at radius 1 is 0.329 bits per heavy atom. The van der Waals surface area contributed by atoms with E-state index in [1.807, 2.05) is 0 Å². The Morgan fingerprint density at radius 2 is 0.658 bits per heavy atom. The highest BCUT2D eigenvalue weighted by atomic mass is 16.8. The summed E-state index contributed by atoms with van der Waals surface area (Å²) in [5.41, 5.74) is 12.6. The monoisotopic (exact) mass is 1160 g/mol. The van der Waals surface area contributed by atoms with Crippen molar-refractivity contribution in [2.75, 3.05) is 33.0 Å². The van der Waals surface area contributed by atoms with Gasteiger partial charge in [0.1, 0.15) is 146 Å². The van der Waals surface area contributed by atoms with Crippen LogP contribution in [0.3, 0.4) is 0 Å². The number of aliphatic hydroxyl groups is 18. The van der Waals surface area contributed by atoms with Crippen LogP contribution in [-0.2, 0) is 61.6 Å². The molecule has 0 amide bonds. The summed E-state index contributed by atoms with van der Waals surface area (Å²) in [4.78, 5) is 0. The molecule has 7 saturated heterocycles. The highest BCUT2D eigenvalue weighted by Crippen LogP contribution is 2.40. The number of rotatable bonds is 17. The van der Waals surface area contributed by atoms with Crippen molar-refractivity contribution in [3.8, 4) is 0 Å². The second kappa shape index (κ2) is 26.9. The molecule has 0 bridgehead atoms. The lowest BCUT2D eigenvalue weighted by atomic mass is 9.80. The third-order valence-corrected chi connectivity index (χ3v) is 15.5. The zero-order valence-corrected chi connectivity index (χ0v) is 43.8. The van der Waals surface area contributed by atoms with Crippen molar-refractivity contribution in [1.29, 1.82) is 0 Å². The maximum absolute atomic E-state index is 12.1. The first kappa shape index (κ1) is 65.2. The van der Waals surface area contributed by atoms with E-state index in [1.54, 1.807) is 20.8 Å². The van der Waals surface area contributed by atoms with E-state index in [9.17, 15) is 91.9 Å². The molecule has 33 heteroatoms. The molecule has 0 spiro atoms. The Hall–Kier alpha value is -1.32. The Morgan fingerprint density at radius 3 is 1.05 bits per heavy atom. The molecule has 7 aliphatic rings. The molecule has 0 radical (unpaired) electrons. The molecule has 7 rings (SSSR count). The summed E-state index contributed by atoms with van der Waals surface area (Å²) in [6, 6.07) is -3.29. The van der Waals surface area contributed by atoms with Gasteiger partial charge in [-0.2, -0.15) is 0 Å². The number of ether oxygens (including phenoxy) is 13. The predicted octanol–water partition coefficient (Wildman–Crippen LogP) is -12.2. The van der Waals surface area contributed by atoms with Crippen molar-refractivity contribution in [2.45, 2.75) is 249 Å². The van der Waals surface area contributed by atoms with E-state index in [0.29, 0.717) is 0 Å². The number of hydrogen-bond donors (Lipinski definition) is 20. The smallest absolute Gasteiger partial charge is 0.187 e. The van der Waals surface area contributed by atoms with Crippen molar-refractivity contribution in [2.24, 2.45) is 16.9 Å². The molecular weight excluding hydrogens is 1080 g/mol. The van der Waals surface area contributed by atoms with Crippen LogP contribution in [0.4, 0.5) is 0 Å². The molecular formula is C46H82N2O31. The average molecular weight is 1160 g/mol. The summed E-state index contributed by atoms with van der Waals surface area (Å²) >= 11 is 0. The van der Waals surface area contributed by atoms with Crippen LogP contribution in [0.25, 0.3) is 0 Å². The molecule has 0 aromatic carbocycles. The molecule has 22 unspecified atom stereocenters. The Labute approximate surface area is 452 Å². The van der Waals surface area contributed by atoms with E-state index in [-0.39, 0.29) is 0 Å². The molecule has 7 heterocycles. The van der Waals surface area contributed by atoms with Crippen molar-refractivity contribution >= 4 is 0 Å². The predicted molar refractivity (Wildman–Crippen MR) is 250 cm³/mol. The van der Waals surface area contributed by atoms with Gasteiger partial charge in [-0.1, -0.05) is 20.8 Å². The molecule has 0 aromatic heterocycles. The topological polar surface area (TPSA) is 536 Å². The summed E-state index contributed by atoms with van der Waals surface area (Å²) < 4.78 is 77.5. The highest BCUT2D eigenvalue weighted by Gasteiger charge is 2.58. The fraction of sp³-hybridized carbons (Fsp3) is 1.00. The van der Waals surface area contributed by atoms with Gasteiger partial charge >= 0.3 is 0 Å². The second-order valence-electron chi connectivity index (χ2n) is 22.1. The SMILES string of the molecule is CC1OC(OC2C(N)[C@H](OCC3O[C@@H](C(C)(C)C)C(O)C(O[C@@H]4OC(CO)[C@@H](O[C@@H]5OC(C)[C@@H](O)C(O)C5O)C(O[C@@H]5OC(CO)[C@H](O)C(O)C5O)C4N)[C@H]3O)OC(CO)[C@H]2O[C@@H]2OC(CO)[C@H](O)C(O)C2O)C(O)C(O)[C@@H]1O. The number of nitrogens with two attached hydrogens (primary N) is 2. The molecule has 79 heavy (non-hydrogen) atoms. The fourth-order valence-electron chi connectivity index (χ4n) is 10.6. The average Bonchev–Trinajstić information content (AvgIpc) is 3.43. The lowest BCUT2D eigenvalue weighted by Crippen LogP contribution is -2.70. The quantitative estimate of drug-likeness (QED) is 0.0643. The lowest BCUT2D eigenvalue weighted by molar-refractivity contribution is -0.382.